The van der Waals surface area contributed by atoms with E-state index in [9.17, 15) is 17.6 Å². The quantitative estimate of drug-likeness (QED) is 0.723. The molecule has 1 heterocycles. The summed E-state index contributed by atoms with van der Waals surface area (Å²) < 4.78 is 39.8. The lowest BCUT2D eigenvalue weighted by Gasteiger charge is -2.16. The third kappa shape index (κ3) is 4.85. The van der Waals surface area contributed by atoms with Crippen molar-refractivity contribution >= 4 is 38.5 Å². The molecule has 3 rings (SSSR count). The van der Waals surface area contributed by atoms with Crippen LogP contribution in [0.15, 0.2) is 58.4 Å². The molecule has 2 aromatic rings. The molecule has 0 aromatic heterocycles. The Morgan fingerprint density at radius 1 is 1.24 bits per heavy atom. The SMILES string of the molecule is CC1CN(C(=O)Cc2ccccc2F)C(=Nc2cccc(S(=O)(=O)N(C)C)c2)S1. The van der Waals surface area contributed by atoms with E-state index in [1.165, 1.54) is 49.0 Å². The third-order valence-electron chi connectivity index (χ3n) is 4.40. The van der Waals surface area contributed by atoms with E-state index in [0.717, 1.165) is 4.31 Å². The summed E-state index contributed by atoms with van der Waals surface area (Å²) in [4.78, 5) is 19.0. The molecule has 1 aliphatic rings. The van der Waals surface area contributed by atoms with Gasteiger partial charge < -0.3 is 0 Å². The molecule has 0 N–H and O–H groups in total. The first kappa shape index (κ1) is 21.5. The number of thioether (sulfide) groups is 1. The molecule has 1 atom stereocenters. The minimum absolute atomic E-state index is 0.0615. The molecule has 0 radical (unpaired) electrons. The summed E-state index contributed by atoms with van der Waals surface area (Å²) >= 11 is 1.43. The zero-order chi connectivity index (χ0) is 21.2. The van der Waals surface area contributed by atoms with E-state index in [1.54, 1.807) is 30.3 Å². The summed E-state index contributed by atoms with van der Waals surface area (Å²) in [7, 11) is -0.656. The highest BCUT2D eigenvalue weighted by Crippen LogP contribution is 2.30. The number of hydrogen-bond acceptors (Lipinski definition) is 5. The van der Waals surface area contributed by atoms with Crippen LogP contribution >= 0.6 is 11.8 Å². The van der Waals surface area contributed by atoms with Crippen LogP contribution in [0.3, 0.4) is 0 Å². The Hall–Kier alpha value is -2.23. The van der Waals surface area contributed by atoms with Crippen molar-refractivity contribution in [2.24, 2.45) is 4.99 Å². The van der Waals surface area contributed by atoms with Gasteiger partial charge in [-0.25, -0.2) is 22.1 Å². The molecule has 1 aliphatic heterocycles. The van der Waals surface area contributed by atoms with Gasteiger partial charge in [0.25, 0.3) is 0 Å². The fraction of sp³-hybridized carbons (Fsp3) is 0.300. The molecule has 1 fully saturated rings. The van der Waals surface area contributed by atoms with E-state index in [0.29, 0.717) is 23.0 Å². The van der Waals surface area contributed by atoms with Gasteiger partial charge in [0.05, 0.1) is 17.0 Å². The van der Waals surface area contributed by atoms with Gasteiger partial charge in [0, 0.05) is 25.9 Å². The van der Waals surface area contributed by atoms with Crippen LogP contribution in [0.25, 0.3) is 0 Å². The van der Waals surface area contributed by atoms with Gasteiger partial charge in [-0.05, 0) is 29.8 Å². The van der Waals surface area contributed by atoms with E-state index < -0.39 is 15.8 Å². The molecule has 6 nitrogen and oxygen atoms in total. The maximum absolute atomic E-state index is 13.9. The molecule has 1 unspecified atom stereocenters. The molecule has 0 aliphatic carbocycles. The molecule has 0 saturated carbocycles. The van der Waals surface area contributed by atoms with E-state index >= 15 is 0 Å². The third-order valence-corrected chi connectivity index (χ3v) is 7.28. The molecule has 0 bridgehead atoms. The number of amides is 1. The maximum Gasteiger partial charge on any atom is 0.242 e. The van der Waals surface area contributed by atoms with E-state index in [-0.39, 0.29) is 22.5 Å². The maximum atomic E-state index is 13.9. The molecule has 9 heteroatoms. The van der Waals surface area contributed by atoms with Crippen molar-refractivity contribution in [2.45, 2.75) is 23.5 Å². The largest absolute Gasteiger partial charge is 0.290 e. The Bertz CT molecular complexity index is 1050. The number of carbonyl (C=O) groups is 1. The molecular formula is C20H22FN3O3S2. The predicted molar refractivity (Wildman–Crippen MR) is 113 cm³/mol. The Balaban J connectivity index is 1.88. The van der Waals surface area contributed by atoms with Gasteiger partial charge in [0.1, 0.15) is 5.82 Å². The molecule has 1 saturated heterocycles. The molecule has 0 spiro atoms. The van der Waals surface area contributed by atoms with Gasteiger partial charge in [0.2, 0.25) is 15.9 Å². The monoisotopic (exact) mass is 435 g/mol. The topological polar surface area (TPSA) is 70.0 Å². The summed E-state index contributed by atoms with van der Waals surface area (Å²) in [6.45, 7) is 2.44. The Kier molecular flexibility index (Phi) is 6.40. The van der Waals surface area contributed by atoms with Crippen LogP contribution in [0.4, 0.5) is 10.1 Å². The lowest BCUT2D eigenvalue weighted by Crippen LogP contribution is -2.33. The van der Waals surface area contributed by atoms with Crippen LogP contribution in [-0.2, 0) is 21.2 Å². The van der Waals surface area contributed by atoms with Crippen LogP contribution in [0, 0.1) is 5.82 Å². The number of hydrogen-bond donors (Lipinski definition) is 0. The second-order valence-electron chi connectivity index (χ2n) is 6.88. The van der Waals surface area contributed by atoms with Gasteiger partial charge in [-0.1, -0.05) is 43.0 Å². The van der Waals surface area contributed by atoms with Gasteiger partial charge in [0.15, 0.2) is 5.17 Å². The molecule has 1 amide bonds. The zero-order valence-corrected chi connectivity index (χ0v) is 18.0. The summed E-state index contributed by atoms with van der Waals surface area (Å²) in [5.74, 6) is -0.663. The normalized spacial score (nSPS) is 18.6. The van der Waals surface area contributed by atoms with E-state index in [4.69, 9.17) is 0 Å². The second kappa shape index (κ2) is 8.64. The van der Waals surface area contributed by atoms with Crippen molar-refractivity contribution in [3.63, 3.8) is 0 Å². The first-order valence-electron chi connectivity index (χ1n) is 9.00. The van der Waals surface area contributed by atoms with Gasteiger partial charge in [-0.15, -0.1) is 0 Å². The highest BCUT2D eigenvalue weighted by Gasteiger charge is 2.31. The number of halogens is 1. The predicted octanol–water partition coefficient (Wildman–Crippen LogP) is 3.27. The average Bonchev–Trinajstić information content (AvgIpc) is 3.04. The molecule has 2 aromatic carbocycles. The standard InChI is InChI=1S/C20H22FN3O3S2/c1-14-13-24(19(25)11-15-7-4-5-10-18(15)21)20(28-14)22-16-8-6-9-17(12-16)29(26,27)23(2)3/h4-10,12,14H,11,13H2,1-3H3. The highest BCUT2D eigenvalue weighted by atomic mass is 32.2. The summed E-state index contributed by atoms with van der Waals surface area (Å²) in [6.07, 6.45) is -0.0615. The Morgan fingerprint density at radius 2 is 1.97 bits per heavy atom. The first-order valence-corrected chi connectivity index (χ1v) is 11.3. The van der Waals surface area contributed by atoms with E-state index in [2.05, 4.69) is 4.99 Å². The highest BCUT2D eigenvalue weighted by molar-refractivity contribution is 8.14. The molecule has 29 heavy (non-hydrogen) atoms. The van der Waals surface area contributed by atoms with Crippen LogP contribution in [0.1, 0.15) is 12.5 Å². The minimum Gasteiger partial charge on any atom is -0.290 e. The number of benzene rings is 2. The van der Waals surface area contributed by atoms with Gasteiger partial charge >= 0.3 is 0 Å². The number of carbonyl (C=O) groups excluding carboxylic acids is 1. The second-order valence-corrected chi connectivity index (χ2v) is 10.4. The van der Waals surface area contributed by atoms with Crippen molar-refractivity contribution in [2.75, 3.05) is 20.6 Å². The summed E-state index contributed by atoms with van der Waals surface area (Å²) in [5.41, 5.74) is 0.772. The average molecular weight is 436 g/mol. The van der Waals surface area contributed by atoms with Crippen LogP contribution in [-0.4, -0.2) is 54.6 Å². The van der Waals surface area contributed by atoms with Crippen molar-refractivity contribution in [1.82, 2.24) is 9.21 Å². The van der Waals surface area contributed by atoms with Crippen molar-refractivity contribution in [3.8, 4) is 0 Å². The number of sulfonamides is 1. The number of aliphatic imine (C=N–C) groups is 1. The lowest BCUT2D eigenvalue weighted by atomic mass is 10.1. The summed E-state index contributed by atoms with van der Waals surface area (Å²) in [5, 5.41) is 0.616. The Morgan fingerprint density at radius 3 is 2.66 bits per heavy atom. The van der Waals surface area contributed by atoms with Crippen LogP contribution < -0.4 is 0 Å². The van der Waals surface area contributed by atoms with Crippen molar-refractivity contribution in [1.29, 1.82) is 0 Å². The molecular weight excluding hydrogens is 413 g/mol. The zero-order valence-electron chi connectivity index (χ0n) is 16.4. The van der Waals surface area contributed by atoms with Gasteiger partial charge in [-0.2, -0.15) is 0 Å². The Labute approximate surface area is 174 Å². The van der Waals surface area contributed by atoms with Crippen molar-refractivity contribution in [3.05, 3.63) is 59.9 Å². The summed E-state index contributed by atoms with van der Waals surface area (Å²) in [6, 6.07) is 12.5. The van der Waals surface area contributed by atoms with Crippen LogP contribution in [0.5, 0.6) is 0 Å². The number of nitrogens with zero attached hydrogens (tertiary/aromatic N) is 3. The smallest absolute Gasteiger partial charge is 0.242 e. The first-order chi connectivity index (χ1) is 13.7. The van der Waals surface area contributed by atoms with Crippen molar-refractivity contribution < 1.29 is 17.6 Å². The fourth-order valence-corrected chi connectivity index (χ4v) is 4.83. The lowest BCUT2D eigenvalue weighted by molar-refractivity contribution is -0.126. The van der Waals surface area contributed by atoms with Crippen LogP contribution in [0.2, 0.25) is 0 Å². The van der Waals surface area contributed by atoms with E-state index in [1.807, 2.05) is 6.92 Å². The number of rotatable bonds is 5. The molecule has 154 valence electrons. The fourth-order valence-electron chi connectivity index (χ4n) is 2.85. The number of amidine groups is 1. The minimum atomic E-state index is -3.58. The van der Waals surface area contributed by atoms with Gasteiger partial charge in [-0.3, -0.25) is 9.69 Å².